The number of hydrogen-bond donors (Lipinski definition) is 3. The van der Waals surface area contributed by atoms with Crippen LogP contribution in [-0.4, -0.2) is 18.4 Å². The molecular formula is C15H14ClN3O2S3. The van der Waals surface area contributed by atoms with E-state index in [1.807, 2.05) is 18.2 Å². The number of sulfonamides is 1. The molecule has 2 rings (SSSR count). The van der Waals surface area contributed by atoms with Crippen LogP contribution in [0.4, 0.5) is 11.4 Å². The van der Waals surface area contributed by atoms with E-state index in [0.717, 1.165) is 0 Å². The molecule has 0 aromatic heterocycles. The van der Waals surface area contributed by atoms with Crippen LogP contribution in [-0.2, 0) is 10.0 Å². The summed E-state index contributed by atoms with van der Waals surface area (Å²) in [6.07, 6.45) is 0.326. The third-order valence-electron chi connectivity index (χ3n) is 2.94. The molecule has 9 heteroatoms. The zero-order valence-corrected chi connectivity index (χ0v) is 15.5. The van der Waals surface area contributed by atoms with Crippen molar-refractivity contribution in [2.24, 2.45) is 5.14 Å². The Hall–Kier alpha value is -1.58. The summed E-state index contributed by atoms with van der Waals surface area (Å²) in [4.78, 5) is 1.04. The van der Waals surface area contributed by atoms with E-state index in [-0.39, 0.29) is 4.90 Å². The van der Waals surface area contributed by atoms with Crippen molar-refractivity contribution in [1.82, 2.24) is 0 Å². The molecule has 0 saturated heterocycles. The summed E-state index contributed by atoms with van der Waals surface area (Å²) in [6.45, 7) is 0. The predicted molar refractivity (Wildman–Crippen MR) is 106 cm³/mol. The summed E-state index contributed by atoms with van der Waals surface area (Å²) in [6, 6.07) is 13.2. The first-order chi connectivity index (χ1) is 11.3. The summed E-state index contributed by atoms with van der Waals surface area (Å²) in [5, 5.41) is 11.6. The molecule has 0 aliphatic heterocycles. The fourth-order valence-electron chi connectivity index (χ4n) is 1.84. The average Bonchev–Trinajstić information content (AvgIpc) is 2.49. The molecule has 126 valence electrons. The number of thiocarbonyl (C=S) groups is 2. The van der Waals surface area contributed by atoms with E-state index >= 15 is 0 Å². The normalized spacial score (nSPS) is 10.9. The zero-order chi connectivity index (χ0) is 17.7. The molecule has 0 amide bonds. The number of nitrogens with one attached hydrogen (secondary N) is 2. The highest BCUT2D eigenvalue weighted by Gasteiger charge is 2.08. The first-order valence-corrected chi connectivity index (χ1v) is 9.47. The van der Waals surface area contributed by atoms with Crippen LogP contribution in [0.5, 0.6) is 0 Å². The Labute approximate surface area is 156 Å². The minimum Gasteiger partial charge on any atom is -0.350 e. The Balaban J connectivity index is 1.93. The zero-order valence-electron chi connectivity index (χ0n) is 12.3. The van der Waals surface area contributed by atoms with Gasteiger partial charge in [-0.3, -0.25) is 0 Å². The highest BCUT2D eigenvalue weighted by Crippen LogP contribution is 2.21. The van der Waals surface area contributed by atoms with Crippen LogP contribution < -0.4 is 15.8 Å². The van der Waals surface area contributed by atoms with Crippen molar-refractivity contribution in [2.45, 2.75) is 11.3 Å². The van der Waals surface area contributed by atoms with Gasteiger partial charge in [0.1, 0.15) is 0 Å². The first-order valence-electron chi connectivity index (χ1n) is 6.73. The lowest BCUT2D eigenvalue weighted by Gasteiger charge is -2.12. The van der Waals surface area contributed by atoms with Crippen molar-refractivity contribution in [1.29, 1.82) is 0 Å². The minimum atomic E-state index is -3.71. The summed E-state index contributed by atoms with van der Waals surface area (Å²) >= 11 is 16.6. The van der Waals surface area contributed by atoms with Gasteiger partial charge in [0, 0.05) is 12.1 Å². The highest BCUT2D eigenvalue weighted by atomic mass is 35.5. The van der Waals surface area contributed by atoms with Gasteiger partial charge >= 0.3 is 0 Å². The number of para-hydroxylation sites is 1. The Morgan fingerprint density at radius 2 is 1.58 bits per heavy atom. The topological polar surface area (TPSA) is 84.2 Å². The number of nitrogens with two attached hydrogens (primary N) is 1. The molecule has 0 saturated carbocycles. The first kappa shape index (κ1) is 18.8. The fraction of sp³-hybridized carbons (Fsp3) is 0.0667. The molecule has 0 unspecified atom stereocenters. The maximum Gasteiger partial charge on any atom is 0.238 e. The number of benzene rings is 2. The lowest BCUT2D eigenvalue weighted by Crippen LogP contribution is -2.19. The van der Waals surface area contributed by atoms with Gasteiger partial charge in [0.25, 0.3) is 0 Å². The molecule has 2 aromatic rings. The minimum absolute atomic E-state index is 0.0369. The summed E-state index contributed by atoms with van der Waals surface area (Å²) in [5.74, 6) is 0. The van der Waals surface area contributed by atoms with Crippen molar-refractivity contribution >= 4 is 67.4 Å². The third kappa shape index (κ3) is 5.50. The van der Waals surface area contributed by atoms with Crippen LogP contribution in [0.3, 0.4) is 0 Å². The Kier molecular flexibility index (Phi) is 6.25. The molecule has 24 heavy (non-hydrogen) atoms. The summed E-state index contributed by atoms with van der Waals surface area (Å²) in [5.41, 5.74) is 1.36. The van der Waals surface area contributed by atoms with E-state index in [4.69, 9.17) is 41.2 Å². The highest BCUT2D eigenvalue weighted by molar-refractivity contribution is 7.89. The maximum absolute atomic E-state index is 11.2. The van der Waals surface area contributed by atoms with Gasteiger partial charge in [-0.15, -0.1) is 0 Å². The second-order valence-electron chi connectivity index (χ2n) is 4.82. The van der Waals surface area contributed by atoms with Crippen molar-refractivity contribution in [2.75, 3.05) is 10.6 Å². The third-order valence-corrected chi connectivity index (χ3v) is 4.69. The Bertz CT molecular complexity index is 868. The van der Waals surface area contributed by atoms with Crippen molar-refractivity contribution in [3.63, 3.8) is 0 Å². The van der Waals surface area contributed by atoms with Gasteiger partial charge in [0.05, 0.1) is 25.6 Å². The molecule has 0 heterocycles. The molecule has 5 nitrogen and oxygen atoms in total. The summed E-state index contributed by atoms with van der Waals surface area (Å²) < 4.78 is 22.4. The number of hydrogen-bond acceptors (Lipinski definition) is 4. The van der Waals surface area contributed by atoms with Gasteiger partial charge in [-0.05, 0) is 36.4 Å². The SMILES string of the molecule is NS(=O)(=O)c1ccc(NC(=S)CC(=S)Nc2ccccc2Cl)cc1. The molecule has 0 fully saturated rings. The van der Waals surface area contributed by atoms with Crippen LogP contribution in [0.15, 0.2) is 53.4 Å². The Morgan fingerprint density at radius 1 is 1.00 bits per heavy atom. The lowest BCUT2D eigenvalue weighted by atomic mass is 10.3. The van der Waals surface area contributed by atoms with E-state index in [0.29, 0.717) is 32.8 Å². The van der Waals surface area contributed by atoms with Crippen LogP contribution >= 0.6 is 36.0 Å². The lowest BCUT2D eigenvalue weighted by molar-refractivity contribution is 0.598. The van der Waals surface area contributed by atoms with Crippen LogP contribution in [0, 0.1) is 0 Å². The van der Waals surface area contributed by atoms with Gasteiger partial charge in [-0.2, -0.15) is 0 Å². The molecule has 0 aliphatic rings. The molecule has 2 aromatic carbocycles. The van der Waals surface area contributed by atoms with Crippen molar-refractivity contribution < 1.29 is 8.42 Å². The standard InChI is InChI=1S/C15H14ClN3O2S3/c16-12-3-1-2-4-13(12)19-15(23)9-14(22)18-10-5-7-11(8-6-10)24(17,20)21/h1-8H,9H2,(H,18,22)(H,19,23)(H2,17,20,21). The van der Waals surface area contributed by atoms with Crippen molar-refractivity contribution in [3.8, 4) is 0 Å². The number of rotatable bonds is 5. The van der Waals surface area contributed by atoms with Gasteiger partial charge in [-0.1, -0.05) is 48.2 Å². The van der Waals surface area contributed by atoms with E-state index in [9.17, 15) is 8.42 Å². The van der Waals surface area contributed by atoms with Crippen molar-refractivity contribution in [3.05, 3.63) is 53.6 Å². The van der Waals surface area contributed by atoms with Gasteiger partial charge in [0.2, 0.25) is 10.0 Å². The predicted octanol–water partition coefficient (Wildman–Crippen LogP) is 3.56. The molecule has 0 atom stereocenters. The second kappa shape index (κ2) is 8.00. The van der Waals surface area contributed by atoms with Crippen LogP contribution in [0.25, 0.3) is 0 Å². The maximum atomic E-state index is 11.2. The second-order valence-corrected chi connectivity index (χ2v) is 7.78. The largest absolute Gasteiger partial charge is 0.350 e. The molecule has 4 N–H and O–H groups in total. The molecule has 0 aliphatic carbocycles. The smallest absolute Gasteiger partial charge is 0.238 e. The fourth-order valence-corrected chi connectivity index (χ4v) is 3.14. The van der Waals surface area contributed by atoms with E-state index in [1.54, 1.807) is 18.2 Å². The van der Waals surface area contributed by atoms with E-state index in [1.165, 1.54) is 12.1 Å². The number of halogens is 1. The molecule has 0 spiro atoms. The van der Waals surface area contributed by atoms with Gasteiger partial charge in [0.15, 0.2) is 0 Å². The number of primary sulfonamides is 1. The van der Waals surface area contributed by atoms with Gasteiger partial charge < -0.3 is 10.6 Å². The molecule has 0 bridgehead atoms. The molecule has 0 radical (unpaired) electrons. The Morgan fingerprint density at radius 3 is 2.17 bits per heavy atom. The number of anilines is 2. The van der Waals surface area contributed by atoms with E-state index < -0.39 is 10.0 Å². The average molecular weight is 400 g/mol. The quantitative estimate of drug-likeness (QED) is 0.666. The molecular weight excluding hydrogens is 386 g/mol. The van der Waals surface area contributed by atoms with Gasteiger partial charge in [-0.25, -0.2) is 13.6 Å². The summed E-state index contributed by atoms with van der Waals surface area (Å²) in [7, 11) is -3.71. The van der Waals surface area contributed by atoms with Crippen LogP contribution in [0.1, 0.15) is 6.42 Å². The van der Waals surface area contributed by atoms with Crippen LogP contribution in [0.2, 0.25) is 5.02 Å². The van der Waals surface area contributed by atoms with E-state index in [2.05, 4.69) is 10.6 Å². The monoisotopic (exact) mass is 399 g/mol.